The number of nitrogens with zero attached hydrogens (tertiary/aromatic N) is 3. The van der Waals surface area contributed by atoms with Crippen LogP contribution in [0.25, 0.3) is 28.3 Å². The predicted octanol–water partition coefficient (Wildman–Crippen LogP) is 7.11. The Morgan fingerprint density at radius 3 is 2.06 bits per heavy atom. The third kappa shape index (κ3) is 4.29. The van der Waals surface area contributed by atoms with Crippen LogP contribution in [0, 0.1) is 10.1 Å². The molecule has 0 radical (unpaired) electrons. The lowest BCUT2D eigenvalue weighted by molar-refractivity contribution is -0.384. The molecule has 0 saturated heterocycles. The van der Waals surface area contributed by atoms with Crippen molar-refractivity contribution in [2.24, 2.45) is 0 Å². The van der Waals surface area contributed by atoms with Crippen molar-refractivity contribution in [1.29, 1.82) is 0 Å². The number of rotatable bonds is 6. The molecule has 0 spiro atoms. The van der Waals surface area contributed by atoms with Crippen LogP contribution < -0.4 is 0 Å². The van der Waals surface area contributed by atoms with E-state index in [0.717, 1.165) is 15.7 Å². The third-order valence-corrected chi connectivity index (χ3v) is 6.13. The summed E-state index contributed by atoms with van der Waals surface area (Å²) in [5.74, 6) is 0.231. The van der Waals surface area contributed by atoms with E-state index in [1.165, 1.54) is 6.07 Å². The molecule has 0 amide bonds. The van der Waals surface area contributed by atoms with Gasteiger partial charge in [-0.15, -0.1) is 0 Å². The Balaban J connectivity index is 1.89. The lowest BCUT2D eigenvalue weighted by Gasteiger charge is -2.13. The van der Waals surface area contributed by atoms with Crippen molar-refractivity contribution < 1.29 is 9.72 Å². The molecule has 0 aliphatic heterocycles. The van der Waals surface area contributed by atoms with Gasteiger partial charge in [-0.1, -0.05) is 88.7 Å². The number of para-hydroxylation sites is 2. The van der Waals surface area contributed by atoms with E-state index >= 15 is 0 Å². The Bertz CT molecular complexity index is 1530. The highest BCUT2D eigenvalue weighted by Crippen LogP contribution is 2.37. The van der Waals surface area contributed by atoms with E-state index in [9.17, 15) is 14.9 Å². The summed E-state index contributed by atoms with van der Waals surface area (Å²) in [4.78, 5) is 30.3. The first kappa shape index (κ1) is 22.4. The second kappa shape index (κ2) is 9.48. The van der Waals surface area contributed by atoms with E-state index in [1.54, 1.807) is 47.0 Å². The Morgan fingerprint density at radius 1 is 0.800 bits per heavy atom. The number of nitro benzene ring substituents is 1. The molecule has 0 fully saturated rings. The van der Waals surface area contributed by atoms with E-state index in [2.05, 4.69) is 15.9 Å². The molecule has 0 unspecified atom stereocenters. The molecule has 0 saturated carbocycles. The number of hydrogen-bond donors (Lipinski definition) is 0. The number of benzene rings is 4. The highest BCUT2D eigenvalue weighted by molar-refractivity contribution is 9.10. The van der Waals surface area contributed by atoms with E-state index in [-0.39, 0.29) is 28.4 Å². The summed E-state index contributed by atoms with van der Waals surface area (Å²) < 4.78 is 2.68. The van der Waals surface area contributed by atoms with Crippen molar-refractivity contribution in [3.8, 4) is 28.3 Å². The largest absolute Gasteiger partial charge is 0.289 e. The predicted molar refractivity (Wildman–Crippen MR) is 139 cm³/mol. The quantitative estimate of drug-likeness (QED) is 0.135. The number of nitro groups is 1. The van der Waals surface area contributed by atoms with Crippen molar-refractivity contribution in [1.82, 2.24) is 9.55 Å². The van der Waals surface area contributed by atoms with Crippen LogP contribution in [0.5, 0.6) is 0 Å². The molecule has 6 nitrogen and oxygen atoms in total. The zero-order chi connectivity index (χ0) is 24.4. The van der Waals surface area contributed by atoms with Gasteiger partial charge in [-0.05, 0) is 30.3 Å². The highest BCUT2D eigenvalue weighted by atomic mass is 79.9. The lowest BCUT2D eigenvalue weighted by Crippen LogP contribution is -2.11. The van der Waals surface area contributed by atoms with Crippen molar-refractivity contribution in [3.05, 3.63) is 135 Å². The number of hydrogen-bond acceptors (Lipinski definition) is 4. The minimum absolute atomic E-state index is 0.116. The Hall–Kier alpha value is -4.36. The number of halogens is 1. The number of imidazole rings is 1. The van der Waals surface area contributed by atoms with Gasteiger partial charge in [0.25, 0.3) is 5.69 Å². The molecule has 1 aromatic heterocycles. The molecule has 5 rings (SSSR count). The van der Waals surface area contributed by atoms with Gasteiger partial charge in [0.05, 0.1) is 10.5 Å². The monoisotopic (exact) mass is 523 g/mol. The summed E-state index contributed by atoms with van der Waals surface area (Å²) in [7, 11) is 0. The number of aromatic nitrogens is 2. The summed E-state index contributed by atoms with van der Waals surface area (Å²) in [5, 5.41) is 11.9. The van der Waals surface area contributed by atoms with Crippen molar-refractivity contribution in [2.75, 3.05) is 0 Å². The molecule has 0 aliphatic carbocycles. The van der Waals surface area contributed by atoms with Gasteiger partial charge in [0.2, 0.25) is 5.78 Å². The third-order valence-electron chi connectivity index (χ3n) is 5.60. The first-order valence-electron chi connectivity index (χ1n) is 10.8. The smallest absolute Gasteiger partial charge is 0.278 e. The molecule has 4 aromatic carbocycles. The van der Waals surface area contributed by atoms with E-state index in [0.29, 0.717) is 11.4 Å². The SMILES string of the molecule is O=C(c1ccccc1)c1c(-c2ccccc2[N+](=O)[O-])nc(-c2ccc(Br)cc2)n1-c1ccccc1. The first-order chi connectivity index (χ1) is 17.0. The van der Waals surface area contributed by atoms with Crippen LogP contribution in [0.1, 0.15) is 16.1 Å². The second-order valence-electron chi connectivity index (χ2n) is 7.78. The van der Waals surface area contributed by atoms with Gasteiger partial charge in [0.15, 0.2) is 0 Å². The van der Waals surface area contributed by atoms with Crippen LogP contribution in [-0.2, 0) is 0 Å². The summed E-state index contributed by atoms with van der Waals surface area (Å²) in [6.45, 7) is 0. The normalized spacial score (nSPS) is 10.8. The Labute approximate surface area is 209 Å². The van der Waals surface area contributed by atoms with Crippen LogP contribution in [0.2, 0.25) is 0 Å². The average molecular weight is 524 g/mol. The molecule has 0 bridgehead atoms. The fourth-order valence-corrected chi connectivity index (χ4v) is 4.26. The Morgan fingerprint density at radius 2 is 1.40 bits per heavy atom. The molecule has 0 N–H and O–H groups in total. The fraction of sp³-hybridized carbons (Fsp3) is 0. The van der Waals surface area contributed by atoms with Crippen molar-refractivity contribution >= 4 is 27.4 Å². The van der Waals surface area contributed by atoms with Gasteiger partial charge in [-0.2, -0.15) is 0 Å². The molecular formula is C28H18BrN3O3. The minimum atomic E-state index is -0.451. The van der Waals surface area contributed by atoms with Gasteiger partial charge >= 0.3 is 0 Å². The maximum Gasteiger partial charge on any atom is 0.278 e. The molecule has 0 aliphatic rings. The van der Waals surface area contributed by atoms with Gasteiger partial charge in [0, 0.05) is 27.4 Å². The van der Waals surface area contributed by atoms with Crippen LogP contribution >= 0.6 is 15.9 Å². The molecule has 7 heteroatoms. The minimum Gasteiger partial charge on any atom is -0.289 e. The number of carbonyl (C=O) groups is 1. The van der Waals surface area contributed by atoms with Crippen molar-refractivity contribution in [3.63, 3.8) is 0 Å². The summed E-state index contributed by atoms with van der Waals surface area (Å²) in [5.41, 5.74) is 2.64. The topological polar surface area (TPSA) is 78.0 Å². The molecule has 1 heterocycles. The van der Waals surface area contributed by atoms with Gasteiger partial charge < -0.3 is 0 Å². The van der Waals surface area contributed by atoms with Crippen LogP contribution in [0.4, 0.5) is 5.69 Å². The Kier molecular flexibility index (Phi) is 6.08. The number of carbonyl (C=O) groups excluding carboxylic acids is 1. The maximum atomic E-state index is 14.0. The second-order valence-corrected chi connectivity index (χ2v) is 8.70. The van der Waals surface area contributed by atoms with Crippen LogP contribution in [-0.4, -0.2) is 20.3 Å². The zero-order valence-electron chi connectivity index (χ0n) is 18.3. The van der Waals surface area contributed by atoms with Gasteiger partial charge in [-0.3, -0.25) is 19.5 Å². The molecule has 35 heavy (non-hydrogen) atoms. The van der Waals surface area contributed by atoms with E-state index in [4.69, 9.17) is 4.98 Å². The van der Waals surface area contributed by atoms with Crippen LogP contribution in [0.15, 0.2) is 114 Å². The van der Waals surface area contributed by atoms with E-state index < -0.39 is 4.92 Å². The average Bonchev–Trinajstić information content (AvgIpc) is 3.30. The molecule has 170 valence electrons. The summed E-state index contributed by atoms with van der Waals surface area (Å²) in [6.07, 6.45) is 0. The van der Waals surface area contributed by atoms with E-state index in [1.807, 2.05) is 60.7 Å². The summed E-state index contributed by atoms with van der Waals surface area (Å²) >= 11 is 3.46. The van der Waals surface area contributed by atoms with Crippen molar-refractivity contribution in [2.45, 2.75) is 0 Å². The molecule has 0 atom stereocenters. The lowest BCUT2D eigenvalue weighted by atomic mass is 10.0. The summed E-state index contributed by atoms with van der Waals surface area (Å²) in [6, 6.07) is 32.2. The highest BCUT2D eigenvalue weighted by Gasteiger charge is 2.30. The standard InChI is InChI=1S/C28H18BrN3O3/c29-21-17-15-20(16-18-21)28-30-25(23-13-7-8-14-24(23)32(34)35)26(27(33)19-9-3-1-4-10-19)31(28)22-11-5-2-6-12-22/h1-18H. The van der Waals surface area contributed by atoms with Gasteiger partial charge in [0.1, 0.15) is 17.2 Å². The van der Waals surface area contributed by atoms with Gasteiger partial charge in [-0.25, -0.2) is 4.98 Å². The van der Waals surface area contributed by atoms with Crippen LogP contribution in [0.3, 0.4) is 0 Å². The fourth-order valence-electron chi connectivity index (χ4n) is 4.00. The maximum absolute atomic E-state index is 14.0. The number of ketones is 1. The molecule has 5 aromatic rings. The first-order valence-corrected chi connectivity index (χ1v) is 11.6. The zero-order valence-corrected chi connectivity index (χ0v) is 19.9. The molecular weight excluding hydrogens is 506 g/mol.